The number of amides is 1. The van der Waals surface area contributed by atoms with E-state index in [0.717, 1.165) is 5.69 Å². The van der Waals surface area contributed by atoms with Gasteiger partial charge in [-0.2, -0.15) is 0 Å². The second-order valence-corrected chi connectivity index (χ2v) is 11.3. The number of piperazine rings is 1. The van der Waals surface area contributed by atoms with Gasteiger partial charge in [0.05, 0.1) is 51.3 Å². The summed E-state index contributed by atoms with van der Waals surface area (Å²) in [5, 5.41) is 21.3. The average molecular weight is 643 g/mol. The van der Waals surface area contributed by atoms with Gasteiger partial charge in [-0.25, -0.2) is 0 Å². The van der Waals surface area contributed by atoms with Crippen molar-refractivity contribution in [1.82, 2.24) is 4.90 Å². The van der Waals surface area contributed by atoms with E-state index in [0.29, 0.717) is 64.7 Å². The number of thioether (sulfide) groups is 1. The van der Waals surface area contributed by atoms with Crippen LogP contribution in [0.4, 0.5) is 17.1 Å². The van der Waals surface area contributed by atoms with Crippen molar-refractivity contribution < 1.29 is 33.8 Å². The molecule has 1 fully saturated rings. The third kappa shape index (κ3) is 7.55. The number of anilines is 2. The van der Waals surface area contributed by atoms with Crippen LogP contribution in [0, 0.1) is 10.1 Å². The van der Waals surface area contributed by atoms with E-state index in [1.165, 1.54) is 52.3 Å². The highest BCUT2D eigenvalue weighted by Crippen LogP contribution is 2.41. The molecule has 3 aromatic carbocycles. The topological polar surface area (TPSA) is 127 Å². The van der Waals surface area contributed by atoms with Gasteiger partial charge in [0.2, 0.25) is 11.7 Å². The summed E-state index contributed by atoms with van der Waals surface area (Å²) < 4.78 is 22.3. The zero-order valence-corrected chi connectivity index (χ0v) is 26.5. The molecule has 1 aliphatic rings. The lowest BCUT2D eigenvalue weighted by atomic mass is 10.1. The molecule has 0 radical (unpaired) electrons. The van der Waals surface area contributed by atoms with Crippen molar-refractivity contribution in [3.8, 4) is 28.7 Å². The van der Waals surface area contributed by atoms with Crippen LogP contribution < -0.4 is 28.7 Å². The zero-order valence-electron chi connectivity index (χ0n) is 24.8. The molecule has 4 rings (SSSR count). The Kier molecular flexibility index (Phi) is 11.0. The number of carbonyl (C=O) groups is 1. The molecule has 0 spiro atoms. The Morgan fingerprint density at radius 2 is 1.55 bits per heavy atom. The van der Waals surface area contributed by atoms with Gasteiger partial charge in [-0.15, -0.1) is 0 Å². The summed E-state index contributed by atoms with van der Waals surface area (Å²) >= 11 is 6.98. The number of hydrogen-bond donors (Lipinski definition) is 1. The fourth-order valence-electron chi connectivity index (χ4n) is 4.79. The zero-order chi connectivity index (χ0) is 31.8. The number of rotatable bonds is 11. The molecule has 1 heterocycles. The van der Waals surface area contributed by atoms with Crippen LogP contribution in [-0.4, -0.2) is 85.5 Å². The third-order valence-electron chi connectivity index (χ3n) is 7.13. The van der Waals surface area contributed by atoms with E-state index >= 15 is 0 Å². The third-order valence-corrected chi connectivity index (χ3v) is 8.64. The number of carbonyl (C=O) groups excluding carboxylic acids is 1. The Bertz CT molecular complexity index is 1470. The predicted octanol–water partition coefficient (Wildman–Crippen LogP) is 4.71. The number of nitro groups is 1. The number of benzene rings is 3. The first kappa shape index (κ1) is 32.5. The molecule has 0 atom stereocenters. The van der Waals surface area contributed by atoms with Crippen molar-refractivity contribution in [2.24, 2.45) is 0 Å². The normalized spacial score (nSPS) is 12.8. The molecule has 3 aromatic rings. The van der Waals surface area contributed by atoms with Crippen LogP contribution in [-0.2, 0) is 11.3 Å². The van der Waals surface area contributed by atoms with Crippen LogP contribution in [0.2, 0.25) is 0 Å². The summed E-state index contributed by atoms with van der Waals surface area (Å²) in [4.78, 5) is 30.1. The molecule has 1 saturated heterocycles. The summed E-state index contributed by atoms with van der Waals surface area (Å²) in [6, 6.07) is 14.9. The highest BCUT2D eigenvalue weighted by atomic mass is 32.2. The van der Waals surface area contributed by atoms with Crippen LogP contribution in [0.1, 0.15) is 5.56 Å². The van der Waals surface area contributed by atoms with Crippen LogP contribution in [0.15, 0.2) is 54.6 Å². The Hall–Kier alpha value is -4.43. The number of non-ortho nitro benzene ring substituents is 1. The first-order chi connectivity index (χ1) is 21.2. The molecule has 44 heavy (non-hydrogen) atoms. The summed E-state index contributed by atoms with van der Waals surface area (Å²) in [7, 11) is 5.98. The van der Waals surface area contributed by atoms with E-state index in [4.69, 9.17) is 31.2 Å². The number of phenols is 1. The second-order valence-electron chi connectivity index (χ2n) is 9.67. The molecule has 234 valence electrons. The van der Waals surface area contributed by atoms with Gasteiger partial charge in [-0.05, 0) is 29.8 Å². The summed E-state index contributed by atoms with van der Waals surface area (Å²) in [6.07, 6.45) is 0. The van der Waals surface area contributed by atoms with Crippen LogP contribution in [0.3, 0.4) is 0 Å². The Morgan fingerprint density at radius 1 is 0.932 bits per heavy atom. The number of hydrogen-bond acceptors (Lipinski definition) is 11. The van der Waals surface area contributed by atoms with E-state index in [-0.39, 0.29) is 29.6 Å². The molecular formula is C30H34N4O8S2. The van der Waals surface area contributed by atoms with Crippen molar-refractivity contribution in [3.05, 3.63) is 70.3 Å². The minimum Gasteiger partial charge on any atom is -0.504 e. The lowest BCUT2D eigenvalue weighted by Gasteiger charge is -2.37. The average Bonchev–Trinajstić information content (AvgIpc) is 3.05. The number of nitrogens with zero attached hydrogens (tertiary/aromatic N) is 4. The van der Waals surface area contributed by atoms with Crippen molar-refractivity contribution >= 4 is 51.3 Å². The standard InChI is InChI=1S/C30H34N4O8S2/c1-39-25-10-5-20(15-24(25)35)18-33(23-16-26(40-2)29(42-4)27(17-23)41-3)28(36)19-44-30(43)32-13-11-31(12-14-32)21-6-8-22(9-7-21)34(37)38/h5-10,15-17,35H,11-14,18-19H2,1-4H3. The monoisotopic (exact) mass is 642 g/mol. The van der Waals surface area contributed by atoms with Crippen LogP contribution in [0.5, 0.6) is 28.7 Å². The smallest absolute Gasteiger partial charge is 0.269 e. The maximum atomic E-state index is 13.8. The largest absolute Gasteiger partial charge is 0.504 e. The number of aromatic hydroxyl groups is 1. The van der Waals surface area contributed by atoms with Gasteiger partial charge in [-0.1, -0.05) is 30.0 Å². The summed E-state index contributed by atoms with van der Waals surface area (Å²) in [6.45, 7) is 2.82. The molecule has 0 aromatic heterocycles. The molecule has 1 amide bonds. The van der Waals surface area contributed by atoms with Gasteiger partial charge >= 0.3 is 0 Å². The number of nitro benzene ring substituents is 1. The fourth-order valence-corrected chi connectivity index (χ4v) is 5.92. The van der Waals surface area contributed by atoms with Gasteiger partial charge in [-0.3, -0.25) is 14.9 Å². The highest BCUT2D eigenvalue weighted by molar-refractivity contribution is 8.23. The SMILES string of the molecule is COc1ccc(CN(C(=O)CSC(=S)N2CCN(c3ccc([N+](=O)[O-])cc3)CC2)c2cc(OC)c(OC)c(OC)c2)cc1O. The molecule has 1 aliphatic heterocycles. The lowest BCUT2D eigenvalue weighted by molar-refractivity contribution is -0.384. The first-order valence-electron chi connectivity index (χ1n) is 13.6. The minimum atomic E-state index is -0.414. The number of ether oxygens (including phenoxy) is 4. The molecule has 1 N–H and O–H groups in total. The summed E-state index contributed by atoms with van der Waals surface area (Å²) in [5.74, 6) is 1.33. The Labute approximate surface area is 265 Å². The Morgan fingerprint density at radius 3 is 2.07 bits per heavy atom. The van der Waals surface area contributed by atoms with E-state index in [9.17, 15) is 20.0 Å². The van der Waals surface area contributed by atoms with Gasteiger partial charge in [0, 0.05) is 56.1 Å². The number of methoxy groups -OCH3 is 4. The predicted molar refractivity (Wildman–Crippen MR) is 174 cm³/mol. The van der Waals surface area contributed by atoms with E-state index in [1.807, 2.05) is 0 Å². The molecule has 0 bridgehead atoms. The lowest BCUT2D eigenvalue weighted by Crippen LogP contribution is -2.47. The quantitative estimate of drug-likeness (QED) is 0.177. The van der Waals surface area contributed by atoms with E-state index < -0.39 is 4.92 Å². The van der Waals surface area contributed by atoms with Crippen LogP contribution >= 0.6 is 24.0 Å². The molecule has 0 unspecified atom stereocenters. The van der Waals surface area contributed by atoms with E-state index in [1.54, 1.807) is 47.4 Å². The maximum absolute atomic E-state index is 13.8. The first-order valence-corrected chi connectivity index (χ1v) is 15.0. The van der Waals surface area contributed by atoms with E-state index in [2.05, 4.69) is 9.80 Å². The molecule has 0 saturated carbocycles. The molecule has 14 heteroatoms. The summed E-state index contributed by atoms with van der Waals surface area (Å²) in [5.41, 5.74) is 2.16. The highest BCUT2D eigenvalue weighted by Gasteiger charge is 2.25. The van der Waals surface area contributed by atoms with Crippen molar-refractivity contribution in [3.63, 3.8) is 0 Å². The molecule has 0 aliphatic carbocycles. The number of thiocarbonyl (C=S) groups is 1. The van der Waals surface area contributed by atoms with Gasteiger partial charge < -0.3 is 38.8 Å². The molecular weight excluding hydrogens is 608 g/mol. The van der Waals surface area contributed by atoms with Crippen molar-refractivity contribution in [1.29, 1.82) is 0 Å². The second kappa shape index (κ2) is 14.8. The van der Waals surface area contributed by atoms with Crippen molar-refractivity contribution in [2.45, 2.75) is 6.54 Å². The molecule has 12 nitrogen and oxygen atoms in total. The Balaban J connectivity index is 1.47. The van der Waals surface area contributed by atoms with Gasteiger partial charge in [0.25, 0.3) is 5.69 Å². The fraction of sp³-hybridized carbons (Fsp3) is 0.333. The van der Waals surface area contributed by atoms with Gasteiger partial charge in [0.1, 0.15) is 4.32 Å². The van der Waals surface area contributed by atoms with Crippen molar-refractivity contribution in [2.75, 3.05) is 70.2 Å². The van der Waals surface area contributed by atoms with Gasteiger partial charge in [0.15, 0.2) is 23.0 Å². The maximum Gasteiger partial charge on any atom is 0.269 e. The van der Waals surface area contributed by atoms with Crippen LogP contribution in [0.25, 0.3) is 0 Å². The minimum absolute atomic E-state index is 0.0364. The number of phenolic OH excluding ortho intramolecular Hbond substituents is 1.